The third kappa shape index (κ3) is 5.27. The molecular weight excluding hydrogens is 230 g/mol. The topological polar surface area (TPSA) is 83.5 Å². The molecule has 0 aliphatic carbocycles. The second-order valence-electron chi connectivity index (χ2n) is 4.15. The maximum Gasteiger partial charge on any atom is 0.268 e. The lowest BCUT2D eigenvalue weighted by molar-refractivity contribution is -0.117. The largest absolute Gasteiger partial charge is 0.350 e. The van der Waals surface area contributed by atoms with Gasteiger partial charge < -0.3 is 5.32 Å². The van der Waals surface area contributed by atoms with Crippen LogP contribution in [-0.2, 0) is 14.9 Å². The molecule has 0 heterocycles. The predicted octanol–water partition coefficient (Wildman–Crippen LogP) is 0.980. The van der Waals surface area contributed by atoms with Crippen LogP contribution >= 0.6 is 0 Å². The van der Waals surface area contributed by atoms with Crippen molar-refractivity contribution in [2.75, 3.05) is 0 Å². The van der Waals surface area contributed by atoms with Gasteiger partial charge in [0.05, 0.1) is 5.25 Å². The first-order valence-corrected chi connectivity index (χ1v) is 6.58. The van der Waals surface area contributed by atoms with Crippen molar-refractivity contribution in [3.63, 3.8) is 0 Å². The minimum Gasteiger partial charge on any atom is -0.350 e. The van der Waals surface area contributed by atoms with Gasteiger partial charge in [0.25, 0.3) is 10.1 Å². The highest BCUT2D eigenvalue weighted by molar-refractivity contribution is 7.86. The fourth-order valence-corrected chi connectivity index (χ4v) is 2.67. The van der Waals surface area contributed by atoms with Crippen LogP contribution < -0.4 is 5.32 Å². The van der Waals surface area contributed by atoms with Gasteiger partial charge in [0.2, 0.25) is 5.91 Å². The van der Waals surface area contributed by atoms with E-state index in [0.717, 1.165) is 6.08 Å². The Balaban J connectivity index is 4.54. The Morgan fingerprint density at radius 2 is 1.94 bits per heavy atom. The van der Waals surface area contributed by atoms with Crippen molar-refractivity contribution in [2.24, 2.45) is 5.92 Å². The van der Waals surface area contributed by atoms with Crippen molar-refractivity contribution in [1.82, 2.24) is 5.32 Å². The summed E-state index contributed by atoms with van der Waals surface area (Å²) in [5.74, 6) is -0.566. The molecule has 0 fully saturated rings. The standard InChI is InChI=1S/C10H19NO4S/c1-5-10(12)11-8(4)6-9(7(2)3)16(13,14)15/h5,7-9H,1,6H2,2-4H3,(H,11,12)(H,13,14,15). The van der Waals surface area contributed by atoms with E-state index in [1.165, 1.54) is 0 Å². The van der Waals surface area contributed by atoms with Gasteiger partial charge in [-0.3, -0.25) is 9.35 Å². The highest BCUT2D eigenvalue weighted by Crippen LogP contribution is 2.16. The first-order chi connectivity index (χ1) is 7.18. The second kappa shape index (κ2) is 6.00. The van der Waals surface area contributed by atoms with E-state index in [4.69, 9.17) is 4.55 Å². The normalized spacial score (nSPS) is 15.6. The number of nitrogens with one attached hydrogen (secondary N) is 1. The monoisotopic (exact) mass is 249 g/mol. The van der Waals surface area contributed by atoms with Crippen LogP contribution in [0.5, 0.6) is 0 Å². The Hall–Kier alpha value is -0.880. The van der Waals surface area contributed by atoms with Gasteiger partial charge in [-0.05, 0) is 25.3 Å². The molecule has 0 saturated carbocycles. The molecule has 0 aliphatic rings. The maximum atomic E-state index is 11.1. The SMILES string of the molecule is C=CC(=O)NC(C)CC(C(C)C)S(=O)(=O)O. The summed E-state index contributed by atoms with van der Waals surface area (Å²) in [6.07, 6.45) is 1.30. The summed E-state index contributed by atoms with van der Waals surface area (Å²) in [6.45, 7) is 8.40. The lowest BCUT2D eigenvalue weighted by atomic mass is 10.0. The van der Waals surface area contributed by atoms with E-state index in [1.54, 1.807) is 20.8 Å². The Morgan fingerprint density at radius 3 is 2.25 bits per heavy atom. The zero-order chi connectivity index (χ0) is 12.9. The molecule has 6 heteroatoms. The van der Waals surface area contributed by atoms with Crippen molar-refractivity contribution in [2.45, 2.75) is 38.5 Å². The highest BCUT2D eigenvalue weighted by atomic mass is 32.2. The van der Waals surface area contributed by atoms with E-state index < -0.39 is 15.4 Å². The average molecular weight is 249 g/mol. The van der Waals surface area contributed by atoms with Crippen molar-refractivity contribution in [3.05, 3.63) is 12.7 Å². The zero-order valence-corrected chi connectivity index (χ0v) is 10.6. The lowest BCUT2D eigenvalue weighted by Crippen LogP contribution is -2.38. The van der Waals surface area contributed by atoms with Crippen LogP contribution in [0.25, 0.3) is 0 Å². The molecule has 2 unspecified atom stereocenters. The summed E-state index contributed by atoms with van der Waals surface area (Å²) in [4.78, 5) is 11.0. The van der Waals surface area contributed by atoms with E-state index in [0.29, 0.717) is 0 Å². The summed E-state index contributed by atoms with van der Waals surface area (Å²) in [5.41, 5.74) is 0. The van der Waals surface area contributed by atoms with Gasteiger partial charge in [0, 0.05) is 6.04 Å². The molecule has 0 aromatic heterocycles. The minimum absolute atomic E-state index is 0.177. The zero-order valence-electron chi connectivity index (χ0n) is 9.80. The van der Waals surface area contributed by atoms with E-state index in [9.17, 15) is 13.2 Å². The van der Waals surface area contributed by atoms with Crippen LogP contribution in [-0.4, -0.2) is 30.2 Å². The first kappa shape index (κ1) is 15.1. The minimum atomic E-state index is -4.08. The Morgan fingerprint density at radius 1 is 1.44 bits per heavy atom. The molecule has 0 spiro atoms. The van der Waals surface area contributed by atoms with Gasteiger partial charge in [-0.25, -0.2) is 0 Å². The average Bonchev–Trinajstić information content (AvgIpc) is 2.11. The molecule has 0 aliphatic heterocycles. The lowest BCUT2D eigenvalue weighted by Gasteiger charge is -2.21. The first-order valence-electron chi connectivity index (χ1n) is 5.07. The van der Waals surface area contributed by atoms with Gasteiger partial charge in [-0.15, -0.1) is 0 Å². The van der Waals surface area contributed by atoms with Crippen LogP contribution in [0.3, 0.4) is 0 Å². The van der Waals surface area contributed by atoms with Crippen LogP contribution in [0.2, 0.25) is 0 Å². The highest BCUT2D eigenvalue weighted by Gasteiger charge is 2.28. The van der Waals surface area contributed by atoms with E-state index >= 15 is 0 Å². The van der Waals surface area contributed by atoms with Gasteiger partial charge >= 0.3 is 0 Å². The molecule has 0 saturated heterocycles. The number of carbonyl (C=O) groups is 1. The van der Waals surface area contributed by atoms with Crippen molar-refractivity contribution in [1.29, 1.82) is 0 Å². The van der Waals surface area contributed by atoms with E-state index in [1.807, 2.05) is 0 Å². The summed E-state index contributed by atoms with van der Waals surface area (Å²) in [6, 6.07) is -0.333. The summed E-state index contributed by atoms with van der Waals surface area (Å²) >= 11 is 0. The third-order valence-corrected chi connectivity index (χ3v) is 3.79. The molecule has 94 valence electrons. The van der Waals surface area contributed by atoms with Gasteiger partial charge in [0.15, 0.2) is 0 Å². The van der Waals surface area contributed by atoms with E-state index in [2.05, 4.69) is 11.9 Å². The molecule has 0 aromatic carbocycles. The molecule has 1 amide bonds. The quantitative estimate of drug-likeness (QED) is 0.543. The number of rotatable bonds is 6. The van der Waals surface area contributed by atoms with Crippen LogP contribution in [0.15, 0.2) is 12.7 Å². The fraction of sp³-hybridized carbons (Fsp3) is 0.700. The molecular formula is C10H19NO4S. The Bertz CT molecular complexity index is 348. The summed E-state index contributed by atoms with van der Waals surface area (Å²) < 4.78 is 31.2. The molecule has 0 radical (unpaired) electrons. The fourth-order valence-electron chi connectivity index (χ4n) is 1.45. The summed E-state index contributed by atoms with van der Waals surface area (Å²) in [5, 5.41) is 1.69. The van der Waals surface area contributed by atoms with Crippen LogP contribution in [0.1, 0.15) is 27.2 Å². The third-order valence-electron chi connectivity index (χ3n) is 2.29. The molecule has 2 atom stereocenters. The number of hydrogen-bond donors (Lipinski definition) is 2. The van der Waals surface area contributed by atoms with Crippen LogP contribution in [0, 0.1) is 5.92 Å². The predicted molar refractivity (Wildman–Crippen MR) is 62.6 cm³/mol. The molecule has 2 N–H and O–H groups in total. The molecule has 0 bridgehead atoms. The smallest absolute Gasteiger partial charge is 0.268 e. The van der Waals surface area contributed by atoms with Crippen molar-refractivity contribution >= 4 is 16.0 Å². The van der Waals surface area contributed by atoms with Crippen LogP contribution in [0.4, 0.5) is 0 Å². The van der Waals surface area contributed by atoms with E-state index in [-0.39, 0.29) is 24.3 Å². The molecule has 5 nitrogen and oxygen atoms in total. The van der Waals surface area contributed by atoms with Gasteiger partial charge in [-0.2, -0.15) is 8.42 Å². The van der Waals surface area contributed by atoms with Crippen molar-refractivity contribution in [3.8, 4) is 0 Å². The number of amides is 1. The Kier molecular flexibility index (Phi) is 5.67. The number of hydrogen-bond acceptors (Lipinski definition) is 3. The molecule has 0 rings (SSSR count). The van der Waals surface area contributed by atoms with Gasteiger partial charge in [0.1, 0.15) is 0 Å². The molecule has 16 heavy (non-hydrogen) atoms. The molecule has 0 aromatic rings. The summed E-state index contributed by atoms with van der Waals surface area (Å²) in [7, 11) is -4.08. The number of carbonyl (C=O) groups excluding carboxylic acids is 1. The Labute approximate surface area is 96.7 Å². The maximum absolute atomic E-state index is 11.1. The second-order valence-corrected chi connectivity index (χ2v) is 5.78. The van der Waals surface area contributed by atoms with Gasteiger partial charge in [-0.1, -0.05) is 20.4 Å². The van der Waals surface area contributed by atoms with Crippen molar-refractivity contribution < 1.29 is 17.8 Å².